The van der Waals surface area contributed by atoms with Gasteiger partial charge in [0, 0.05) is 21.1 Å². The monoisotopic (exact) mass is 249 g/mol. The molecule has 0 aromatic heterocycles. The zero-order chi connectivity index (χ0) is 13.1. The smallest absolute Gasteiger partial charge is 0.316 e. The number of nitrogens with zero attached hydrogens (tertiary/aromatic N) is 3. The van der Waals surface area contributed by atoms with E-state index in [0.717, 1.165) is 5.17 Å². The van der Waals surface area contributed by atoms with Crippen LogP contribution in [0.1, 0.15) is 10.4 Å². The summed E-state index contributed by atoms with van der Waals surface area (Å²) in [6.45, 7) is 0. The minimum Gasteiger partial charge on any atom is -0.331 e. The Kier molecular flexibility index (Phi) is 3.33. The van der Waals surface area contributed by atoms with Crippen molar-refractivity contribution in [2.45, 2.75) is 0 Å². The van der Waals surface area contributed by atoms with Crippen LogP contribution in [-0.2, 0) is 4.84 Å². The Morgan fingerprint density at radius 1 is 1.39 bits per heavy atom. The van der Waals surface area contributed by atoms with Gasteiger partial charge in [-0.15, -0.1) is 5.53 Å². The van der Waals surface area contributed by atoms with Crippen LogP contribution in [0.5, 0.6) is 0 Å². The van der Waals surface area contributed by atoms with Crippen molar-refractivity contribution >= 4 is 17.6 Å². The van der Waals surface area contributed by atoms with Gasteiger partial charge in [0.15, 0.2) is 0 Å². The van der Waals surface area contributed by atoms with Crippen molar-refractivity contribution in [2.24, 2.45) is 4.99 Å². The summed E-state index contributed by atoms with van der Waals surface area (Å²) >= 11 is 0. The molecule has 1 amide bonds. The van der Waals surface area contributed by atoms with Gasteiger partial charge in [0.25, 0.3) is 0 Å². The molecule has 2 N–H and O–H groups in total. The molecule has 0 saturated carbocycles. The van der Waals surface area contributed by atoms with Crippen molar-refractivity contribution in [1.29, 1.82) is 0 Å². The van der Waals surface area contributed by atoms with E-state index in [2.05, 4.69) is 16.0 Å². The third-order valence-corrected chi connectivity index (χ3v) is 2.38. The second-order valence-corrected chi connectivity index (χ2v) is 3.87. The summed E-state index contributed by atoms with van der Waals surface area (Å²) in [4.78, 5) is 23.1. The molecule has 1 heterocycles. The number of carbonyl (C=O) groups excluding carboxylic acids is 1. The standard InChI is InChI=1S/C11H15N5O2/c1-12-11(15(2)3)18-16-10(17)8-6-4-5-7-9(8)13-14-16/h4-7,13-14H,1-3H3. The minimum absolute atomic E-state index is 0.285. The predicted octanol–water partition coefficient (Wildman–Crippen LogP) is 0.453. The number of fused-ring (bicyclic) bond motifs is 1. The quantitative estimate of drug-likeness (QED) is 0.559. The number of hydrogen-bond acceptors (Lipinski definition) is 5. The molecule has 0 atom stereocenters. The molecule has 0 spiro atoms. The zero-order valence-electron chi connectivity index (χ0n) is 10.5. The van der Waals surface area contributed by atoms with Crippen LogP contribution in [0.25, 0.3) is 0 Å². The van der Waals surface area contributed by atoms with E-state index in [1.54, 1.807) is 44.2 Å². The van der Waals surface area contributed by atoms with Gasteiger partial charge in [0.1, 0.15) is 0 Å². The van der Waals surface area contributed by atoms with E-state index in [1.807, 2.05) is 6.07 Å². The molecule has 1 aliphatic heterocycles. The number of aliphatic imine (C=N–C) groups is 1. The molecular formula is C11H15N5O2. The van der Waals surface area contributed by atoms with Gasteiger partial charge in [-0.3, -0.25) is 4.79 Å². The van der Waals surface area contributed by atoms with E-state index in [1.165, 1.54) is 0 Å². The van der Waals surface area contributed by atoms with Crippen LogP contribution in [0.3, 0.4) is 0 Å². The summed E-state index contributed by atoms with van der Waals surface area (Å²) in [5, 5.41) is 1.00. The van der Waals surface area contributed by atoms with E-state index in [4.69, 9.17) is 4.84 Å². The van der Waals surface area contributed by atoms with Gasteiger partial charge in [-0.2, -0.15) is 0 Å². The van der Waals surface area contributed by atoms with Gasteiger partial charge in [0.05, 0.1) is 11.3 Å². The molecule has 1 aromatic rings. The van der Waals surface area contributed by atoms with Crippen LogP contribution in [0.15, 0.2) is 29.3 Å². The Labute approximate surface area is 105 Å². The molecule has 0 aliphatic carbocycles. The SMILES string of the molecule is CN=C(ON1NNc2ccccc2C1=O)N(C)C. The van der Waals surface area contributed by atoms with Gasteiger partial charge >= 0.3 is 11.9 Å². The molecule has 1 aliphatic rings. The topological polar surface area (TPSA) is 69.2 Å². The second kappa shape index (κ2) is 4.92. The second-order valence-electron chi connectivity index (χ2n) is 3.87. The number of anilines is 1. The summed E-state index contributed by atoms with van der Waals surface area (Å²) < 4.78 is 0. The molecule has 1 aromatic carbocycles. The van der Waals surface area contributed by atoms with Crippen LogP contribution in [0.4, 0.5) is 5.69 Å². The van der Waals surface area contributed by atoms with Gasteiger partial charge < -0.3 is 15.2 Å². The highest BCUT2D eigenvalue weighted by Crippen LogP contribution is 2.19. The minimum atomic E-state index is -0.285. The van der Waals surface area contributed by atoms with Gasteiger partial charge in [-0.1, -0.05) is 17.3 Å². The van der Waals surface area contributed by atoms with E-state index in [0.29, 0.717) is 17.3 Å². The number of hydrogen-bond donors (Lipinski definition) is 2. The molecule has 0 unspecified atom stereocenters. The maximum Gasteiger partial charge on any atom is 0.316 e. The Bertz CT molecular complexity index is 486. The lowest BCUT2D eigenvalue weighted by molar-refractivity contribution is -0.0876. The van der Waals surface area contributed by atoms with Crippen LogP contribution in [-0.4, -0.2) is 43.1 Å². The molecule has 0 bridgehead atoms. The van der Waals surface area contributed by atoms with Crippen molar-refractivity contribution in [2.75, 3.05) is 26.6 Å². The predicted molar refractivity (Wildman–Crippen MR) is 67.5 cm³/mol. The highest BCUT2D eigenvalue weighted by molar-refractivity contribution is 6.00. The largest absolute Gasteiger partial charge is 0.331 e. The molecule has 96 valence electrons. The lowest BCUT2D eigenvalue weighted by Crippen LogP contribution is -2.52. The van der Waals surface area contributed by atoms with Crippen molar-refractivity contribution < 1.29 is 9.63 Å². The zero-order valence-corrected chi connectivity index (χ0v) is 10.5. The third-order valence-electron chi connectivity index (χ3n) is 2.38. The van der Waals surface area contributed by atoms with E-state index in [9.17, 15) is 4.79 Å². The fourth-order valence-corrected chi connectivity index (χ4v) is 1.52. The normalized spacial score (nSPS) is 14.9. The summed E-state index contributed by atoms with van der Waals surface area (Å²) in [6, 6.07) is 7.48. The molecule has 7 heteroatoms. The molecule has 2 rings (SSSR count). The number of amides is 1. The fraction of sp³-hybridized carbons (Fsp3) is 0.273. The maximum absolute atomic E-state index is 12.1. The first kappa shape index (κ1) is 12.2. The number of nitrogens with one attached hydrogen (secondary N) is 2. The number of hydroxylamine groups is 1. The Hall–Kier alpha value is -2.28. The van der Waals surface area contributed by atoms with Gasteiger partial charge in [0.2, 0.25) is 0 Å². The van der Waals surface area contributed by atoms with Crippen molar-refractivity contribution in [1.82, 2.24) is 15.6 Å². The number of para-hydroxylation sites is 1. The average molecular weight is 249 g/mol. The molecule has 0 saturated heterocycles. The first-order valence-corrected chi connectivity index (χ1v) is 5.40. The van der Waals surface area contributed by atoms with E-state index < -0.39 is 0 Å². The number of carbonyl (C=O) groups is 1. The summed E-state index contributed by atoms with van der Waals surface area (Å²) in [6.07, 6.45) is 0. The van der Waals surface area contributed by atoms with Crippen LogP contribution >= 0.6 is 0 Å². The van der Waals surface area contributed by atoms with Crippen LogP contribution < -0.4 is 11.0 Å². The highest BCUT2D eigenvalue weighted by Gasteiger charge is 2.26. The molecule has 0 fully saturated rings. The number of rotatable bonds is 1. The fourth-order valence-electron chi connectivity index (χ4n) is 1.52. The van der Waals surface area contributed by atoms with Crippen molar-refractivity contribution in [3.63, 3.8) is 0 Å². The summed E-state index contributed by atoms with van der Waals surface area (Å²) in [7, 11) is 5.14. The summed E-state index contributed by atoms with van der Waals surface area (Å²) in [5.41, 5.74) is 6.76. The number of amidine groups is 1. The van der Waals surface area contributed by atoms with Crippen LogP contribution in [0, 0.1) is 0 Å². The van der Waals surface area contributed by atoms with Gasteiger partial charge in [-0.05, 0) is 12.1 Å². The molecular weight excluding hydrogens is 234 g/mol. The summed E-state index contributed by atoms with van der Waals surface area (Å²) in [5.74, 6) is -0.285. The molecule has 7 nitrogen and oxygen atoms in total. The number of hydrazine groups is 2. The van der Waals surface area contributed by atoms with Crippen LogP contribution in [0.2, 0.25) is 0 Å². The first-order chi connectivity index (χ1) is 8.63. The van der Waals surface area contributed by atoms with Crippen molar-refractivity contribution in [3.05, 3.63) is 29.8 Å². The average Bonchev–Trinajstić information content (AvgIpc) is 2.38. The third kappa shape index (κ3) is 2.21. The Balaban J connectivity index is 2.17. The van der Waals surface area contributed by atoms with E-state index in [-0.39, 0.29) is 5.91 Å². The molecule has 18 heavy (non-hydrogen) atoms. The highest BCUT2D eigenvalue weighted by atomic mass is 16.7. The van der Waals surface area contributed by atoms with Gasteiger partial charge in [-0.25, -0.2) is 4.99 Å². The first-order valence-electron chi connectivity index (χ1n) is 5.40. The Morgan fingerprint density at radius 3 is 2.78 bits per heavy atom. The van der Waals surface area contributed by atoms with E-state index >= 15 is 0 Å². The number of benzene rings is 1. The Morgan fingerprint density at radius 2 is 2.11 bits per heavy atom. The maximum atomic E-state index is 12.1. The lowest BCUT2D eigenvalue weighted by Gasteiger charge is -2.29. The molecule has 0 radical (unpaired) electrons. The lowest BCUT2D eigenvalue weighted by atomic mass is 10.1. The van der Waals surface area contributed by atoms with Crippen molar-refractivity contribution in [3.8, 4) is 0 Å².